The quantitative estimate of drug-likeness (QED) is 0.789. The summed E-state index contributed by atoms with van der Waals surface area (Å²) < 4.78 is 0. The topological polar surface area (TPSA) is 79.4 Å². The molecule has 0 aliphatic carbocycles. The Morgan fingerprint density at radius 3 is 2.46 bits per heavy atom. The highest BCUT2D eigenvalue weighted by atomic mass is 32.1. The molecule has 1 N–H and O–H groups in total. The third kappa shape index (κ3) is 4.35. The van der Waals surface area contributed by atoms with E-state index < -0.39 is 0 Å². The van der Waals surface area contributed by atoms with E-state index in [2.05, 4.69) is 10.3 Å². The Bertz CT molecular complexity index is 811. The van der Waals surface area contributed by atoms with E-state index in [9.17, 15) is 14.4 Å². The average molecular weight is 371 g/mol. The summed E-state index contributed by atoms with van der Waals surface area (Å²) in [6.45, 7) is 4.25. The van der Waals surface area contributed by atoms with Gasteiger partial charge in [-0.25, -0.2) is 4.98 Å². The summed E-state index contributed by atoms with van der Waals surface area (Å²) in [4.78, 5) is 41.0. The van der Waals surface area contributed by atoms with Crippen LogP contribution in [-0.2, 0) is 20.9 Å². The van der Waals surface area contributed by atoms with Gasteiger partial charge in [0, 0.05) is 35.9 Å². The molecule has 1 fully saturated rings. The van der Waals surface area contributed by atoms with Crippen LogP contribution in [0, 0.1) is 5.92 Å². The molecule has 0 unspecified atom stereocenters. The van der Waals surface area contributed by atoms with Crippen LogP contribution in [-0.4, -0.2) is 27.6 Å². The summed E-state index contributed by atoms with van der Waals surface area (Å²) in [5.74, 6) is 0.0576. The number of hydrogen-bond donors (Lipinski definition) is 1. The molecule has 2 aromatic rings. The normalized spacial score (nSPS) is 14.3. The number of anilines is 1. The first kappa shape index (κ1) is 18.3. The second kappa shape index (κ2) is 7.78. The van der Waals surface area contributed by atoms with Crippen molar-refractivity contribution >= 4 is 34.7 Å². The van der Waals surface area contributed by atoms with Crippen LogP contribution in [0.5, 0.6) is 0 Å². The number of rotatable bonds is 6. The molecule has 1 aliphatic rings. The monoisotopic (exact) mass is 371 g/mol. The summed E-state index contributed by atoms with van der Waals surface area (Å²) in [5, 5.41) is 5.52. The Morgan fingerprint density at radius 2 is 1.85 bits per heavy atom. The van der Waals surface area contributed by atoms with Gasteiger partial charge in [-0.05, 0) is 18.1 Å². The van der Waals surface area contributed by atoms with Gasteiger partial charge in [-0.15, -0.1) is 11.3 Å². The second-order valence-electron chi connectivity index (χ2n) is 6.72. The highest BCUT2D eigenvalue weighted by Crippen LogP contribution is 2.25. The van der Waals surface area contributed by atoms with E-state index in [4.69, 9.17) is 0 Å². The zero-order chi connectivity index (χ0) is 18.7. The number of aromatic nitrogens is 1. The lowest BCUT2D eigenvalue weighted by molar-refractivity contribution is -0.139. The van der Waals surface area contributed by atoms with E-state index in [1.807, 2.05) is 43.5 Å². The maximum absolute atomic E-state index is 11.8. The number of amides is 3. The van der Waals surface area contributed by atoms with Crippen LogP contribution in [0.15, 0.2) is 29.6 Å². The van der Waals surface area contributed by atoms with Crippen LogP contribution in [0.25, 0.3) is 11.3 Å². The van der Waals surface area contributed by atoms with Gasteiger partial charge in [0.15, 0.2) is 0 Å². The third-order valence-electron chi connectivity index (χ3n) is 4.06. The van der Waals surface area contributed by atoms with Crippen molar-refractivity contribution in [2.24, 2.45) is 5.92 Å². The summed E-state index contributed by atoms with van der Waals surface area (Å²) in [6.07, 6.45) is 1.08. The van der Waals surface area contributed by atoms with Crippen LogP contribution in [0.3, 0.4) is 0 Å². The molecule has 6 nitrogen and oxygen atoms in total. The Hall–Kier alpha value is -2.54. The lowest BCUT2D eigenvalue weighted by Crippen LogP contribution is -2.28. The molecule has 1 aliphatic heterocycles. The number of nitrogens with one attached hydrogen (secondary N) is 1. The molecule has 1 aromatic heterocycles. The van der Waals surface area contributed by atoms with Crippen molar-refractivity contribution in [1.29, 1.82) is 0 Å². The molecule has 3 amide bonds. The number of hydrogen-bond acceptors (Lipinski definition) is 5. The van der Waals surface area contributed by atoms with Crippen molar-refractivity contribution in [2.45, 2.75) is 39.7 Å². The molecule has 0 atom stereocenters. The van der Waals surface area contributed by atoms with Crippen molar-refractivity contribution < 1.29 is 14.4 Å². The van der Waals surface area contributed by atoms with Crippen LogP contribution in [0.2, 0.25) is 0 Å². The zero-order valence-corrected chi connectivity index (χ0v) is 15.6. The van der Waals surface area contributed by atoms with E-state index >= 15 is 0 Å². The Kier molecular flexibility index (Phi) is 5.46. The largest absolute Gasteiger partial charge is 0.326 e. The number of carbonyl (C=O) groups is 3. The summed E-state index contributed by atoms with van der Waals surface area (Å²) >= 11 is 1.43. The second-order valence-corrected chi connectivity index (χ2v) is 7.67. The summed E-state index contributed by atoms with van der Waals surface area (Å²) in [6, 6.07) is 7.49. The van der Waals surface area contributed by atoms with E-state index in [1.165, 1.54) is 16.2 Å². The van der Waals surface area contributed by atoms with Gasteiger partial charge in [0.25, 0.3) is 0 Å². The molecule has 1 aromatic carbocycles. The summed E-state index contributed by atoms with van der Waals surface area (Å²) in [5.41, 5.74) is 2.47. The fraction of sp³-hybridized carbons (Fsp3) is 0.368. The van der Waals surface area contributed by atoms with Crippen LogP contribution in [0.4, 0.5) is 5.69 Å². The SMILES string of the molecule is CC(C)CC(=O)Nc1ccc(-c2csc(CN3C(=O)CCC3=O)n2)cc1. The molecule has 136 valence electrons. The standard InChI is InChI=1S/C19H21N3O3S/c1-12(2)9-16(23)20-14-5-3-13(4-6-14)15-11-26-17(21-15)10-22-18(24)7-8-19(22)25/h3-6,11-12H,7-10H2,1-2H3,(H,20,23). The molecule has 1 saturated heterocycles. The molecule has 26 heavy (non-hydrogen) atoms. The van der Waals surface area contributed by atoms with E-state index in [0.29, 0.717) is 25.2 Å². The average Bonchev–Trinajstić information content (AvgIpc) is 3.17. The molecule has 0 bridgehead atoms. The van der Waals surface area contributed by atoms with Crippen LogP contribution >= 0.6 is 11.3 Å². The van der Waals surface area contributed by atoms with E-state index in [1.54, 1.807) is 0 Å². The molecule has 0 spiro atoms. The third-order valence-corrected chi connectivity index (χ3v) is 4.89. The fourth-order valence-electron chi connectivity index (χ4n) is 2.76. The first-order chi connectivity index (χ1) is 12.4. The highest BCUT2D eigenvalue weighted by Gasteiger charge is 2.29. The van der Waals surface area contributed by atoms with Gasteiger partial charge in [0.1, 0.15) is 5.01 Å². The van der Waals surface area contributed by atoms with Gasteiger partial charge in [-0.1, -0.05) is 26.0 Å². The molecule has 0 saturated carbocycles. The van der Waals surface area contributed by atoms with Gasteiger partial charge in [0.05, 0.1) is 12.2 Å². The van der Waals surface area contributed by atoms with Gasteiger partial charge in [-0.3, -0.25) is 19.3 Å². The Labute approximate surface area is 156 Å². The van der Waals surface area contributed by atoms with Crippen LogP contribution in [0.1, 0.15) is 38.1 Å². The highest BCUT2D eigenvalue weighted by molar-refractivity contribution is 7.09. The van der Waals surface area contributed by atoms with Crippen molar-refractivity contribution in [3.8, 4) is 11.3 Å². The number of likely N-dealkylation sites (tertiary alicyclic amines) is 1. The first-order valence-corrected chi connectivity index (χ1v) is 9.48. The fourth-order valence-corrected chi connectivity index (χ4v) is 3.55. The number of imide groups is 1. The minimum absolute atomic E-state index is 0.00337. The van der Waals surface area contributed by atoms with E-state index in [-0.39, 0.29) is 24.3 Å². The minimum Gasteiger partial charge on any atom is -0.326 e. The Morgan fingerprint density at radius 1 is 1.19 bits per heavy atom. The van der Waals surface area contributed by atoms with E-state index in [0.717, 1.165) is 22.0 Å². The molecule has 0 radical (unpaired) electrons. The predicted octanol–water partition coefficient (Wildman–Crippen LogP) is 3.44. The van der Waals surface area contributed by atoms with Gasteiger partial charge in [0.2, 0.25) is 17.7 Å². The number of carbonyl (C=O) groups excluding carboxylic acids is 3. The lowest BCUT2D eigenvalue weighted by Gasteiger charge is -2.10. The predicted molar refractivity (Wildman–Crippen MR) is 100 cm³/mol. The number of benzene rings is 1. The van der Waals surface area contributed by atoms with Crippen molar-refractivity contribution in [3.63, 3.8) is 0 Å². The molecule has 2 heterocycles. The van der Waals surface area contributed by atoms with Gasteiger partial charge >= 0.3 is 0 Å². The molecule has 3 rings (SSSR count). The van der Waals surface area contributed by atoms with Crippen LogP contribution < -0.4 is 5.32 Å². The minimum atomic E-state index is -0.131. The number of nitrogens with zero attached hydrogens (tertiary/aromatic N) is 2. The van der Waals surface area contributed by atoms with Crippen molar-refractivity contribution in [1.82, 2.24) is 9.88 Å². The maximum Gasteiger partial charge on any atom is 0.230 e. The summed E-state index contributed by atoms with van der Waals surface area (Å²) in [7, 11) is 0. The Balaban J connectivity index is 1.65. The maximum atomic E-state index is 11.8. The van der Waals surface area contributed by atoms with Gasteiger partial charge < -0.3 is 5.32 Å². The molecular formula is C19H21N3O3S. The van der Waals surface area contributed by atoms with Crippen molar-refractivity contribution in [3.05, 3.63) is 34.7 Å². The van der Waals surface area contributed by atoms with Gasteiger partial charge in [-0.2, -0.15) is 0 Å². The molecule has 7 heteroatoms. The first-order valence-electron chi connectivity index (χ1n) is 8.60. The zero-order valence-electron chi connectivity index (χ0n) is 14.8. The van der Waals surface area contributed by atoms with Crippen molar-refractivity contribution in [2.75, 3.05) is 5.32 Å². The lowest BCUT2D eigenvalue weighted by atomic mass is 10.1. The number of thiazole rings is 1. The molecular weight excluding hydrogens is 350 g/mol. The smallest absolute Gasteiger partial charge is 0.230 e.